The third-order valence-corrected chi connectivity index (χ3v) is 2.51. The van der Waals surface area contributed by atoms with Gasteiger partial charge in [-0.25, -0.2) is 4.79 Å². The molecule has 0 aliphatic rings. The van der Waals surface area contributed by atoms with Crippen LogP contribution in [0.2, 0.25) is 0 Å². The third-order valence-electron chi connectivity index (χ3n) is 1.77. The Morgan fingerprint density at radius 2 is 2.06 bits per heavy atom. The summed E-state index contributed by atoms with van der Waals surface area (Å²) in [6.45, 7) is 1.74. The SMILES string of the molecule is CCOC(=O)C(F)Oc1ccc(SC)cc1. The maximum atomic E-state index is 13.1. The number of ether oxygens (including phenoxy) is 2. The van der Waals surface area contributed by atoms with E-state index in [2.05, 4.69) is 4.74 Å². The van der Waals surface area contributed by atoms with Crippen molar-refractivity contribution in [2.75, 3.05) is 12.9 Å². The van der Waals surface area contributed by atoms with Gasteiger partial charge < -0.3 is 9.47 Å². The normalized spacial score (nSPS) is 11.9. The van der Waals surface area contributed by atoms with Crippen molar-refractivity contribution < 1.29 is 18.7 Å². The molecule has 0 radical (unpaired) electrons. The zero-order valence-corrected chi connectivity index (χ0v) is 9.92. The molecule has 16 heavy (non-hydrogen) atoms. The second-order valence-electron chi connectivity index (χ2n) is 2.86. The highest BCUT2D eigenvalue weighted by Crippen LogP contribution is 2.20. The first-order chi connectivity index (χ1) is 7.67. The summed E-state index contributed by atoms with van der Waals surface area (Å²) in [5, 5.41) is 0. The fraction of sp³-hybridized carbons (Fsp3) is 0.364. The fourth-order valence-corrected chi connectivity index (χ4v) is 1.44. The van der Waals surface area contributed by atoms with Crippen LogP contribution in [0.15, 0.2) is 29.2 Å². The standard InChI is InChI=1S/C11H13FO3S/c1-3-14-11(13)10(12)15-8-4-6-9(16-2)7-5-8/h4-7,10H,3H2,1-2H3. The van der Waals surface area contributed by atoms with Gasteiger partial charge in [-0.3, -0.25) is 0 Å². The van der Waals surface area contributed by atoms with Crippen LogP contribution >= 0.6 is 11.8 Å². The molecule has 88 valence electrons. The van der Waals surface area contributed by atoms with Crippen LogP contribution in [0.3, 0.4) is 0 Å². The van der Waals surface area contributed by atoms with Crippen molar-refractivity contribution in [3.8, 4) is 5.75 Å². The molecule has 0 spiro atoms. The second kappa shape index (κ2) is 6.37. The average Bonchev–Trinajstić information content (AvgIpc) is 2.30. The van der Waals surface area contributed by atoms with Gasteiger partial charge in [-0.05, 0) is 37.4 Å². The lowest BCUT2D eigenvalue weighted by molar-refractivity contribution is -0.159. The van der Waals surface area contributed by atoms with Crippen molar-refractivity contribution in [2.24, 2.45) is 0 Å². The number of esters is 1. The Kier molecular flexibility index (Phi) is 5.11. The molecule has 0 saturated heterocycles. The van der Waals surface area contributed by atoms with Crippen LogP contribution in [0.4, 0.5) is 4.39 Å². The minimum Gasteiger partial charge on any atom is -0.461 e. The Balaban J connectivity index is 2.55. The monoisotopic (exact) mass is 244 g/mol. The van der Waals surface area contributed by atoms with E-state index in [1.807, 2.05) is 6.26 Å². The number of rotatable bonds is 5. The molecule has 1 aromatic rings. The van der Waals surface area contributed by atoms with Gasteiger partial charge in [0.25, 0.3) is 0 Å². The van der Waals surface area contributed by atoms with Crippen LogP contribution in [-0.4, -0.2) is 25.2 Å². The zero-order valence-electron chi connectivity index (χ0n) is 9.10. The highest BCUT2D eigenvalue weighted by molar-refractivity contribution is 7.98. The summed E-state index contributed by atoms with van der Waals surface area (Å²) in [5.74, 6) is -0.699. The van der Waals surface area contributed by atoms with Gasteiger partial charge in [0.2, 0.25) is 0 Å². The molecule has 0 N–H and O–H groups in total. The quantitative estimate of drug-likeness (QED) is 0.589. The van der Waals surface area contributed by atoms with E-state index in [-0.39, 0.29) is 6.61 Å². The van der Waals surface area contributed by atoms with Crippen molar-refractivity contribution in [1.82, 2.24) is 0 Å². The van der Waals surface area contributed by atoms with Crippen molar-refractivity contribution in [3.05, 3.63) is 24.3 Å². The predicted octanol–water partition coefficient (Wildman–Crippen LogP) is 2.65. The summed E-state index contributed by atoms with van der Waals surface area (Å²) in [7, 11) is 0. The highest BCUT2D eigenvalue weighted by atomic mass is 32.2. The van der Waals surface area contributed by atoms with Crippen molar-refractivity contribution >= 4 is 17.7 Å². The number of benzene rings is 1. The van der Waals surface area contributed by atoms with Crippen LogP contribution in [0, 0.1) is 0 Å². The van der Waals surface area contributed by atoms with Gasteiger partial charge in [0.05, 0.1) is 6.61 Å². The molecule has 1 atom stereocenters. The van der Waals surface area contributed by atoms with Gasteiger partial charge in [0.1, 0.15) is 5.75 Å². The molecule has 0 aliphatic carbocycles. The van der Waals surface area contributed by atoms with Crippen LogP contribution in [-0.2, 0) is 9.53 Å². The molecular weight excluding hydrogens is 231 g/mol. The van der Waals surface area contributed by atoms with E-state index in [0.29, 0.717) is 5.75 Å². The average molecular weight is 244 g/mol. The number of carbonyl (C=O) groups excluding carboxylic acids is 1. The molecule has 1 unspecified atom stereocenters. The lowest BCUT2D eigenvalue weighted by Gasteiger charge is -2.10. The third kappa shape index (κ3) is 3.73. The Bertz CT molecular complexity index is 340. The van der Waals surface area contributed by atoms with E-state index in [1.165, 1.54) is 0 Å². The minimum absolute atomic E-state index is 0.133. The van der Waals surface area contributed by atoms with Crippen molar-refractivity contribution in [1.29, 1.82) is 0 Å². The summed E-state index contributed by atoms with van der Waals surface area (Å²) in [5.41, 5.74) is 0. The molecule has 1 aromatic carbocycles. The van der Waals surface area contributed by atoms with E-state index >= 15 is 0 Å². The lowest BCUT2D eigenvalue weighted by Crippen LogP contribution is -2.24. The molecular formula is C11H13FO3S. The first kappa shape index (κ1) is 12.8. The number of halogens is 1. The Morgan fingerprint density at radius 1 is 1.44 bits per heavy atom. The molecule has 0 aromatic heterocycles. The maximum Gasteiger partial charge on any atom is 0.381 e. The van der Waals surface area contributed by atoms with E-state index in [9.17, 15) is 9.18 Å². The number of thioether (sulfide) groups is 1. The van der Waals surface area contributed by atoms with Crippen LogP contribution in [0.5, 0.6) is 5.75 Å². The van der Waals surface area contributed by atoms with Gasteiger partial charge in [0, 0.05) is 4.90 Å². The summed E-state index contributed by atoms with van der Waals surface area (Å²) in [6.07, 6.45) is -0.132. The van der Waals surface area contributed by atoms with Gasteiger partial charge >= 0.3 is 12.3 Å². The summed E-state index contributed by atoms with van der Waals surface area (Å²) in [4.78, 5) is 12.0. The molecule has 3 nitrogen and oxygen atoms in total. The first-order valence-corrected chi connectivity index (χ1v) is 6.01. The van der Waals surface area contributed by atoms with E-state index in [1.54, 1.807) is 43.0 Å². The fourth-order valence-electron chi connectivity index (χ4n) is 1.03. The van der Waals surface area contributed by atoms with Crippen molar-refractivity contribution in [2.45, 2.75) is 18.2 Å². The Hall–Kier alpha value is -1.23. The smallest absolute Gasteiger partial charge is 0.381 e. The first-order valence-electron chi connectivity index (χ1n) is 4.78. The van der Waals surface area contributed by atoms with Gasteiger partial charge in [-0.2, -0.15) is 4.39 Å². The molecule has 5 heteroatoms. The van der Waals surface area contributed by atoms with Gasteiger partial charge in [0.15, 0.2) is 0 Å². The molecule has 0 fully saturated rings. The van der Waals surface area contributed by atoms with E-state index in [4.69, 9.17) is 4.74 Å². The van der Waals surface area contributed by atoms with Gasteiger partial charge in [-0.1, -0.05) is 0 Å². The molecule has 0 bridgehead atoms. The van der Waals surface area contributed by atoms with Crippen LogP contribution < -0.4 is 4.74 Å². The zero-order chi connectivity index (χ0) is 12.0. The van der Waals surface area contributed by atoms with Crippen LogP contribution in [0.25, 0.3) is 0 Å². The second-order valence-corrected chi connectivity index (χ2v) is 3.74. The maximum absolute atomic E-state index is 13.1. The number of alkyl halides is 1. The molecule has 1 rings (SSSR count). The summed E-state index contributed by atoms with van der Waals surface area (Å²) in [6, 6.07) is 6.80. The topological polar surface area (TPSA) is 35.5 Å². The molecule has 0 heterocycles. The van der Waals surface area contributed by atoms with E-state index < -0.39 is 12.3 Å². The predicted molar refractivity (Wildman–Crippen MR) is 60.4 cm³/mol. The Morgan fingerprint density at radius 3 is 2.56 bits per heavy atom. The minimum atomic E-state index is -2.07. The molecule has 0 saturated carbocycles. The Labute approximate surface area is 97.9 Å². The highest BCUT2D eigenvalue weighted by Gasteiger charge is 2.20. The van der Waals surface area contributed by atoms with Crippen LogP contribution in [0.1, 0.15) is 6.92 Å². The summed E-state index contributed by atoms with van der Waals surface area (Å²) >= 11 is 1.57. The number of hydrogen-bond donors (Lipinski definition) is 0. The summed E-state index contributed by atoms with van der Waals surface area (Å²) < 4.78 is 22.4. The number of hydrogen-bond acceptors (Lipinski definition) is 4. The van der Waals surface area contributed by atoms with Gasteiger partial charge in [-0.15, -0.1) is 11.8 Å². The van der Waals surface area contributed by atoms with E-state index in [0.717, 1.165) is 4.90 Å². The van der Waals surface area contributed by atoms with Crippen molar-refractivity contribution in [3.63, 3.8) is 0 Å². The lowest BCUT2D eigenvalue weighted by atomic mass is 10.3. The largest absolute Gasteiger partial charge is 0.461 e. The molecule has 0 amide bonds. The molecule has 0 aliphatic heterocycles. The number of carbonyl (C=O) groups is 1.